The van der Waals surface area contributed by atoms with Gasteiger partial charge in [0.25, 0.3) is 5.91 Å². The largest absolute Gasteiger partial charge is 0.443 e. The Hall–Kier alpha value is -2.43. The van der Waals surface area contributed by atoms with Crippen LogP contribution < -0.4 is 5.32 Å². The van der Waals surface area contributed by atoms with E-state index in [-0.39, 0.29) is 18.2 Å². The minimum Gasteiger partial charge on any atom is -0.443 e. The maximum absolute atomic E-state index is 11.9. The molecule has 2 heterocycles. The summed E-state index contributed by atoms with van der Waals surface area (Å²) in [6.07, 6.45) is 1.55. The molecule has 0 spiro atoms. The lowest BCUT2D eigenvalue weighted by molar-refractivity contribution is -0.119. The molecule has 2 amide bonds. The van der Waals surface area contributed by atoms with Crippen molar-refractivity contribution in [3.63, 3.8) is 0 Å². The number of amides is 2. The van der Waals surface area contributed by atoms with Crippen LogP contribution in [0.15, 0.2) is 29.0 Å². The van der Waals surface area contributed by atoms with Crippen LogP contribution in [0.3, 0.4) is 0 Å². The van der Waals surface area contributed by atoms with E-state index in [1.54, 1.807) is 12.1 Å². The Labute approximate surface area is 103 Å². The fraction of sp³-hybridized carbons (Fsp3) is 0.154. The van der Waals surface area contributed by atoms with E-state index in [0.29, 0.717) is 22.6 Å². The Bertz CT molecular complexity index is 658. The van der Waals surface area contributed by atoms with Crippen molar-refractivity contribution in [2.75, 3.05) is 0 Å². The average molecular weight is 242 g/mol. The summed E-state index contributed by atoms with van der Waals surface area (Å²) in [6, 6.07) is 5.38. The van der Waals surface area contributed by atoms with E-state index in [2.05, 4.69) is 10.3 Å². The van der Waals surface area contributed by atoms with E-state index >= 15 is 0 Å². The highest BCUT2D eigenvalue weighted by Gasteiger charge is 2.26. The standard InChI is InChI=1S/C13H10N2O3/c1-7-12(18-6-14-7)9-4-2-3-8-5-10(16)15-13(17)11(8)9/h2-4,6H,5H2,1H3,(H,15,16,17). The lowest BCUT2D eigenvalue weighted by atomic mass is 9.93. The minimum absolute atomic E-state index is 0.210. The van der Waals surface area contributed by atoms with Crippen LogP contribution in [0.2, 0.25) is 0 Å². The molecular weight excluding hydrogens is 232 g/mol. The van der Waals surface area contributed by atoms with E-state index in [9.17, 15) is 9.59 Å². The van der Waals surface area contributed by atoms with Crippen molar-refractivity contribution in [1.29, 1.82) is 0 Å². The quantitative estimate of drug-likeness (QED) is 0.768. The van der Waals surface area contributed by atoms with Gasteiger partial charge in [-0.3, -0.25) is 14.9 Å². The molecule has 0 aliphatic carbocycles. The number of rotatable bonds is 1. The summed E-state index contributed by atoms with van der Waals surface area (Å²) in [4.78, 5) is 27.3. The second kappa shape index (κ2) is 3.80. The molecule has 0 atom stereocenters. The number of fused-ring (bicyclic) bond motifs is 1. The molecular formula is C13H10N2O3. The van der Waals surface area contributed by atoms with Gasteiger partial charge in [-0.15, -0.1) is 0 Å². The summed E-state index contributed by atoms with van der Waals surface area (Å²) in [5.41, 5.74) is 2.61. The molecule has 1 aromatic heterocycles. The second-order valence-corrected chi connectivity index (χ2v) is 4.16. The number of aryl methyl sites for hydroxylation is 1. The molecule has 0 saturated heterocycles. The number of aromatic nitrogens is 1. The molecule has 18 heavy (non-hydrogen) atoms. The number of nitrogens with one attached hydrogen (secondary N) is 1. The predicted molar refractivity (Wildman–Crippen MR) is 62.9 cm³/mol. The number of hydrogen-bond acceptors (Lipinski definition) is 4. The topological polar surface area (TPSA) is 72.2 Å². The van der Waals surface area contributed by atoms with Crippen LogP contribution in [0.4, 0.5) is 0 Å². The number of carbonyl (C=O) groups excluding carboxylic acids is 2. The molecule has 1 aromatic carbocycles. The molecule has 0 radical (unpaired) electrons. The van der Waals surface area contributed by atoms with Gasteiger partial charge in [-0.25, -0.2) is 4.98 Å². The highest BCUT2D eigenvalue weighted by molar-refractivity contribution is 6.13. The average Bonchev–Trinajstić information content (AvgIpc) is 2.74. The van der Waals surface area contributed by atoms with E-state index in [0.717, 1.165) is 5.56 Å². The van der Waals surface area contributed by atoms with Gasteiger partial charge in [0.1, 0.15) is 0 Å². The lowest BCUT2D eigenvalue weighted by Gasteiger charge is -2.17. The highest BCUT2D eigenvalue weighted by Crippen LogP contribution is 2.30. The van der Waals surface area contributed by atoms with Gasteiger partial charge in [-0.05, 0) is 12.5 Å². The number of carbonyl (C=O) groups is 2. The third-order valence-corrected chi connectivity index (χ3v) is 2.97. The van der Waals surface area contributed by atoms with Crippen molar-refractivity contribution >= 4 is 11.8 Å². The summed E-state index contributed by atoms with van der Waals surface area (Å²) in [6.45, 7) is 1.81. The van der Waals surface area contributed by atoms with Gasteiger partial charge in [0, 0.05) is 5.56 Å². The summed E-state index contributed by atoms with van der Waals surface area (Å²) in [7, 11) is 0. The van der Waals surface area contributed by atoms with Gasteiger partial charge in [-0.1, -0.05) is 18.2 Å². The zero-order valence-corrected chi connectivity index (χ0v) is 9.69. The Morgan fingerprint density at radius 3 is 2.89 bits per heavy atom. The van der Waals surface area contributed by atoms with Crippen molar-refractivity contribution in [1.82, 2.24) is 10.3 Å². The Morgan fingerprint density at radius 2 is 2.17 bits per heavy atom. The molecule has 90 valence electrons. The fourth-order valence-corrected chi connectivity index (χ4v) is 2.17. The zero-order valence-electron chi connectivity index (χ0n) is 9.69. The van der Waals surface area contributed by atoms with Gasteiger partial charge in [0.15, 0.2) is 12.2 Å². The summed E-state index contributed by atoms with van der Waals surface area (Å²) >= 11 is 0. The van der Waals surface area contributed by atoms with Gasteiger partial charge >= 0.3 is 0 Å². The monoisotopic (exact) mass is 242 g/mol. The van der Waals surface area contributed by atoms with Crippen molar-refractivity contribution in [2.45, 2.75) is 13.3 Å². The Morgan fingerprint density at radius 1 is 1.33 bits per heavy atom. The summed E-state index contributed by atoms with van der Waals surface area (Å²) < 4.78 is 5.32. The zero-order chi connectivity index (χ0) is 12.7. The predicted octanol–water partition coefficient (Wildman–Crippen LogP) is 1.46. The van der Waals surface area contributed by atoms with E-state index in [1.165, 1.54) is 6.39 Å². The first-order chi connectivity index (χ1) is 8.66. The van der Waals surface area contributed by atoms with Crippen molar-refractivity contribution in [3.8, 4) is 11.3 Å². The van der Waals surface area contributed by atoms with Gasteiger partial charge < -0.3 is 4.42 Å². The first kappa shape index (κ1) is 10.7. The molecule has 5 nitrogen and oxygen atoms in total. The Kier molecular flexibility index (Phi) is 2.26. The van der Waals surface area contributed by atoms with Crippen LogP contribution in [-0.4, -0.2) is 16.8 Å². The molecule has 1 aliphatic heterocycles. The normalized spacial score (nSPS) is 14.3. The smallest absolute Gasteiger partial charge is 0.258 e. The molecule has 0 unspecified atom stereocenters. The number of hydrogen-bond donors (Lipinski definition) is 1. The van der Waals surface area contributed by atoms with Crippen molar-refractivity contribution in [2.24, 2.45) is 0 Å². The lowest BCUT2D eigenvalue weighted by Crippen LogP contribution is -2.37. The molecule has 2 aromatic rings. The van der Waals surface area contributed by atoms with E-state index in [4.69, 9.17) is 4.42 Å². The number of imide groups is 1. The molecule has 1 N–H and O–H groups in total. The van der Waals surface area contributed by atoms with Crippen LogP contribution in [0, 0.1) is 6.92 Å². The molecule has 0 saturated carbocycles. The van der Waals surface area contributed by atoms with Gasteiger partial charge in [0.2, 0.25) is 5.91 Å². The SMILES string of the molecule is Cc1ncoc1-c1cccc2c1C(=O)NC(=O)C2. The highest BCUT2D eigenvalue weighted by atomic mass is 16.3. The van der Waals surface area contributed by atoms with Crippen molar-refractivity contribution in [3.05, 3.63) is 41.4 Å². The number of nitrogens with zero attached hydrogens (tertiary/aromatic N) is 1. The summed E-state index contributed by atoms with van der Waals surface area (Å²) in [5, 5.41) is 2.32. The van der Waals surface area contributed by atoms with Gasteiger partial charge in [0.05, 0.1) is 17.7 Å². The maximum atomic E-state index is 11.9. The number of oxazole rings is 1. The fourth-order valence-electron chi connectivity index (χ4n) is 2.17. The van der Waals surface area contributed by atoms with Crippen LogP contribution in [-0.2, 0) is 11.2 Å². The first-order valence-corrected chi connectivity index (χ1v) is 5.53. The maximum Gasteiger partial charge on any atom is 0.258 e. The molecule has 0 fully saturated rings. The van der Waals surface area contributed by atoms with Crippen LogP contribution in [0.25, 0.3) is 11.3 Å². The van der Waals surface area contributed by atoms with E-state index in [1.807, 2.05) is 13.0 Å². The van der Waals surface area contributed by atoms with Crippen molar-refractivity contribution < 1.29 is 14.0 Å². The minimum atomic E-state index is -0.382. The third-order valence-electron chi connectivity index (χ3n) is 2.97. The number of benzene rings is 1. The van der Waals surface area contributed by atoms with Crippen LogP contribution in [0.1, 0.15) is 21.6 Å². The second-order valence-electron chi connectivity index (χ2n) is 4.16. The van der Waals surface area contributed by atoms with Crippen LogP contribution >= 0.6 is 0 Å². The molecule has 5 heteroatoms. The van der Waals surface area contributed by atoms with Gasteiger partial charge in [-0.2, -0.15) is 0 Å². The molecule has 1 aliphatic rings. The Balaban J connectivity index is 2.24. The summed E-state index contributed by atoms with van der Waals surface area (Å²) in [5.74, 6) is -0.0945. The first-order valence-electron chi connectivity index (χ1n) is 5.53. The van der Waals surface area contributed by atoms with E-state index < -0.39 is 0 Å². The molecule has 0 bridgehead atoms. The van der Waals surface area contributed by atoms with Crippen LogP contribution in [0.5, 0.6) is 0 Å². The third kappa shape index (κ3) is 1.52. The molecule has 3 rings (SSSR count).